The molecule has 0 aliphatic rings. The minimum Gasteiger partial charge on any atom is -0.316 e. The number of hydrogen-bond donors (Lipinski definition) is 1. The second kappa shape index (κ2) is 10.3. The molecule has 16 heavy (non-hydrogen) atoms. The smallest absolute Gasteiger partial charge is 0.0329 e. The van der Waals surface area contributed by atoms with Crippen molar-refractivity contribution in [2.45, 2.75) is 58.1 Å². The first-order chi connectivity index (χ1) is 7.61. The summed E-state index contributed by atoms with van der Waals surface area (Å²) in [6, 6.07) is 0. The predicted molar refractivity (Wildman–Crippen MR) is 74.3 cm³/mol. The van der Waals surface area contributed by atoms with Crippen molar-refractivity contribution in [3.63, 3.8) is 0 Å². The zero-order valence-electron chi connectivity index (χ0n) is 11.4. The van der Waals surface area contributed by atoms with Gasteiger partial charge < -0.3 is 5.32 Å². The lowest BCUT2D eigenvalue weighted by molar-refractivity contribution is 0.418. The van der Waals surface area contributed by atoms with Crippen LogP contribution in [0.1, 0.15) is 52.9 Å². The Morgan fingerprint density at radius 1 is 1.25 bits per heavy atom. The average molecular weight is 247 g/mol. The van der Waals surface area contributed by atoms with Crippen LogP contribution in [0.2, 0.25) is 0 Å². The summed E-state index contributed by atoms with van der Waals surface area (Å²) in [6.45, 7) is 8.71. The molecule has 0 saturated heterocycles. The number of nitrogens with one attached hydrogen (secondary N) is 1. The molecular formula is C13H29NOS. The van der Waals surface area contributed by atoms with E-state index in [9.17, 15) is 4.21 Å². The third-order valence-electron chi connectivity index (χ3n) is 3.27. The molecule has 0 aliphatic heterocycles. The summed E-state index contributed by atoms with van der Waals surface area (Å²) in [5.74, 6) is 0.822. The molecule has 0 aliphatic carbocycles. The summed E-state index contributed by atoms with van der Waals surface area (Å²) in [5.41, 5.74) is 0. The van der Waals surface area contributed by atoms with Crippen molar-refractivity contribution in [3.05, 3.63) is 0 Å². The summed E-state index contributed by atoms with van der Waals surface area (Å²) >= 11 is 0. The predicted octanol–water partition coefficient (Wildman–Crippen LogP) is 2.95. The molecule has 0 bridgehead atoms. The Kier molecular flexibility index (Phi) is 10.3. The Morgan fingerprint density at radius 3 is 2.44 bits per heavy atom. The number of hydrogen-bond acceptors (Lipinski definition) is 2. The lowest BCUT2D eigenvalue weighted by atomic mass is 9.99. The maximum Gasteiger partial charge on any atom is 0.0329 e. The molecule has 0 aromatic rings. The Balaban J connectivity index is 3.51. The molecule has 0 heterocycles. The third-order valence-corrected chi connectivity index (χ3v) is 4.64. The summed E-state index contributed by atoms with van der Waals surface area (Å²) in [5, 5.41) is 3.82. The Hall–Kier alpha value is 0.110. The van der Waals surface area contributed by atoms with Gasteiger partial charge in [-0.1, -0.05) is 40.0 Å². The van der Waals surface area contributed by atoms with Gasteiger partial charge >= 0.3 is 0 Å². The van der Waals surface area contributed by atoms with E-state index in [0.29, 0.717) is 5.25 Å². The van der Waals surface area contributed by atoms with Gasteiger partial charge in [0.2, 0.25) is 0 Å². The van der Waals surface area contributed by atoms with Gasteiger partial charge in [-0.2, -0.15) is 0 Å². The minimum atomic E-state index is -0.671. The van der Waals surface area contributed by atoms with Crippen molar-refractivity contribution in [3.8, 4) is 0 Å². The molecule has 2 nitrogen and oxygen atoms in total. The average Bonchev–Trinajstić information content (AvgIpc) is 2.27. The molecule has 3 atom stereocenters. The number of rotatable bonds is 10. The van der Waals surface area contributed by atoms with Gasteiger partial charge in [-0.05, 0) is 31.8 Å². The molecule has 0 radical (unpaired) electrons. The van der Waals surface area contributed by atoms with Crippen LogP contribution in [0.25, 0.3) is 0 Å². The van der Waals surface area contributed by atoms with Crippen LogP contribution in [-0.2, 0) is 10.8 Å². The second-order valence-corrected chi connectivity index (χ2v) is 6.52. The van der Waals surface area contributed by atoms with Crippen LogP contribution >= 0.6 is 0 Å². The van der Waals surface area contributed by atoms with Gasteiger partial charge in [-0.15, -0.1) is 0 Å². The molecule has 0 fully saturated rings. The minimum absolute atomic E-state index is 0.322. The molecule has 0 aromatic carbocycles. The zero-order chi connectivity index (χ0) is 12.4. The highest BCUT2D eigenvalue weighted by Crippen LogP contribution is 2.11. The largest absolute Gasteiger partial charge is 0.316 e. The van der Waals surface area contributed by atoms with E-state index in [2.05, 4.69) is 26.1 Å². The molecule has 0 rings (SSSR count). The Morgan fingerprint density at radius 2 is 1.94 bits per heavy atom. The van der Waals surface area contributed by atoms with Gasteiger partial charge in [0.1, 0.15) is 0 Å². The van der Waals surface area contributed by atoms with Crippen molar-refractivity contribution in [2.75, 3.05) is 19.3 Å². The fourth-order valence-corrected chi connectivity index (χ4v) is 2.17. The molecule has 3 heteroatoms. The molecular weight excluding hydrogens is 218 g/mol. The van der Waals surface area contributed by atoms with Crippen LogP contribution in [0.4, 0.5) is 0 Å². The lowest BCUT2D eigenvalue weighted by Gasteiger charge is -2.16. The maximum atomic E-state index is 11.2. The summed E-state index contributed by atoms with van der Waals surface area (Å²) in [7, 11) is -0.671. The monoisotopic (exact) mass is 247 g/mol. The fraction of sp³-hybridized carbons (Fsp3) is 1.00. The van der Waals surface area contributed by atoms with Gasteiger partial charge in [0.15, 0.2) is 0 Å². The zero-order valence-corrected chi connectivity index (χ0v) is 12.2. The molecule has 3 unspecified atom stereocenters. The Labute approximate surface area is 104 Å². The van der Waals surface area contributed by atoms with Crippen LogP contribution in [0, 0.1) is 5.92 Å². The standard InChI is InChI=1S/C13H29NOS/c1-5-7-8-13(6-2)11-14-10-9-12(3)16(4)15/h12-14H,5-11H2,1-4H3. The van der Waals surface area contributed by atoms with E-state index in [1.54, 1.807) is 6.26 Å². The van der Waals surface area contributed by atoms with E-state index >= 15 is 0 Å². The normalized spacial score (nSPS) is 17.0. The second-order valence-electron chi connectivity index (χ2n) is 4.72. The third kappa shape index (κ3) is 8.28. The highest BCUT2D eigenvalue weighted by molar-refractivity contribution is 7.84. The summed E-state index contributed by atoms with van der Waals surface area (Å²) < 4.78 is 11.2. The van der Waals surface area contributed by atoms with E-state index in [-0.39, 0.29) is 0 Å². The topological polar surface area (TPSA) is 29.1 Å². The van der Waals surface area contributed by atoms with Crippen LogP contribution in [0.5, 0.6) is 0 Å². The number of unbranched alkanes of at least 4 members (excludes halogenated alkanes) is 1. The quantitative estimate of drug-likeness (QED) is 0.601. The van der Waals surface area contributed by atoms with E-state index in [1.165, 1.54) is 25.7 Å². The first-order valence-corrected chi connectivity index (χ1v) is 8.26. The SMILES string of the molecule is CCCCC(CC)CNCCC(C)S(C)=O. The van der Waals surface area contributed by atoms with Crippen molar-refractivity contribution in [1.82, 2.24) is 5.32 Å². The van der Waals surface area contributed by atoms with E-state index in [1.807, 2.05) is 0 Å². The Bertz CT molecular complexity index is 185. The van der Waals surface area contributed by atoms with Gasteiger partial charge in [-0.3, -0.25) is 4.21 Å². The van der Waals surface area contributed by atoms with Crippen molar-refractivity contribution < 1.29 is 4.21 Å². The molecule has 0 aromatic heterocycles. The molecule has 1 N–H and O–H groups in total. The first kappa shape index (κ1) is 16.1. The molecule has 0 spiro atoms. The van der Waals surface area contributed by atoms with Crippen LogP contribution in [-0.4, -0.2) is 28.8 Å². The fourth-order valence-electron chi connectivity index (χ4n) is 1.72. The van der Waals surface area contributed by atoms with Crippen molar-refractivity contribution in [1.29, 1.82) is 0 Å². The van der Waals surface area contributed by atoms with Crippen LogP contribution in [0.3, 0.4) is 0 Å². The van der Waals surface area contributed by atoms with Crippen molar-refractivity contribution in [2.24, 2.45) is 5.92 Å². The van der Waals surface area contributed by atoms with Gasteiger partial charge in [0.25, 0.3) is 0 Å². The van der Waals surface area contributed by atoms with Gasteiger partial charge in [0.05, 0.1) is 0 Å². The molecule has 0 saturated carbocycles. The van der Waals surface area contributed by atoms with Gasteiger partial charge in [0, 0.05) is 22.3 Å². The molecule has 98 valence electrons. The maximum absolute atomic E-state index is 11.2. The van der Waals surface area contributed by atoms with E-state index in [4.69, 9.17) is 0 Å². The van der Waals surface area contributed by atoms with Crippen LogP contribution in [0.15, 0.2) is 0 Å². The van der Waals surface area contributed by atoms with E-state index in [0.717, 1.165) is 25.4 Å². The highest BCUT2D eigenvalue weighted by Gasteiger charge is 2.07. The molecule has 0 amide bonds. The summed E-state index contributed by atoms with van der Waals surface area (Å²) in [6.07, 6.45) is 8.06. The highest BCUT2D eigenvalue weighted by atomic mass is 32.2. The van der Waals surface area contributed by atoms with Crippen molar-refractivity contribution >= 4 is 10.8 Å². The lowest BCUT2D eigenvalue weighted by Crippen LogP contribution is -2.26. The first-order valence-electron chi connectivity index (χ1n) is 6.64. The van der Waals surface area contributed by atoms with Gasteiger partial charge in [-0.25, -0.2) is 0 Å². The van der Waals surface area contributed by atoms with E-state index < -0.39 is 10.8 Å². The summed E-state index contributed by atoms with van der Waals surface area (Å²) in [4.78, 5) is 0. The van der Waals surface area contributed by atoms with Crippen LogP contribution < -0.4 is 5.32 Å².